The van der Waals surface area contributed by atoms with Gasteiger partial charge in [-0.1, -0.05) is 11.8 Å². The molecule has 170 valence electrons. The lowest BCUT2D eigenvalue weighted by Gasteiger charge is -2.25. The number of aromatic amines is 1. The molecule has 1 aromatic carbocycles. The second kappa shape index (κ2) is 8.27. The summed E-state index contributed by atoms with van der Waals surface area (Å²) in [6, 6.07) is 7.83. The minimum absolute atomic E-state index is 0.0416. The number of amides is 1. The van der Waals surface area contributed by atoms with Gasteiger partial charge in [-0.15, -0.1) is 0 Å². The van der Waals surface area contributed by atoms with E-state index in [-0.39, 0.29) is 11.7 Å². The minimum Gasteiger partial charge on any atom is -0.872 e. The second-order valence-corrected chi connectivity index (χ2v) is 8.58. The first kappa shape index (κ1) is 21.1. The van der Waals surface area contributed by atoms with E-state index in [0.717, 1.165) is 11.3 Å². The van der Waals surface area contributed by atoms with Crippen LogP contribution in [0.5, 0.6) is 5.75 Å². The van der Waals surface area contributed by atoms with Gasteiger partial charge in [0, 0.05) is 25.0 Å². The number of hydrogen-bond donors (Lipinski definition) is 1. The maximum atomic E-state index is 13.6. The Morgan fingerprint density at radius 1 is 1.27 bits per heavy atom. The first-order chi connectivity index (χ1) is 15.9. The zero-order chi connectivity index (χ0) is 23.1. The molecule has 0 aliphatic carbocycles. The Balaban J connectivity index is 1.51. The lowest BCUT2D eigenvalue weighted by Crippen LogP contribution is -2.36. The first-order valence-electron chi connectivity index (χ1n) is 11.1. The van der Waals surface area contributed by atoms with Crippen LogP contribution in [-0.4, -0.2) is 34.2 Å². The molecule has 1 saturated heterocycles. The van der Waals surface area contributed by atoms with Gasteiger partial charge >= 0.3 is 0 Å². The number of Topliss-reactive ketones (excluding diaryl/α,β-unsaturated/α-hetero) is 1. The van der Waals surface area contributed by atoms with Crippen molar-refractivity contribution in [3.63, 3.8) is 0 Å². The third kappa shape index (κ3) is 3.82. The fraction of sp³-hybridized carbons (Fsp3) is 0.320. The topological polar surface area (TPSA) is 102 Å². The van der Waals surface area contributed by atoms with Gasteiger partial charge in [-0.25, -0.2) is 4.57 Å². The molecule has 2 aromatic heterocycles. The molecule has 8 heteroatoms. The Kier molecular flexibility index (Phi) is 5.28. The number of furan rings is 1. The van der Waals surface area contributed by atoms with Crippen LogP contribution in [0.4, 0.5) is 0 Å². The Labute approximate surface area is 191 Å². The molecule has 0 bridgehead atoms. The quantitative estimate of drug-likeness (QED) is 0.269. The van der Waals surface area contributed by atoms with Crippen molar-refractivity contribution in [1.82, 2.24) is 9.88 Å². The molecule has 2 atom stereocenters. The zero-order valence-electron chi connectivity index (χ0n) is 18.5. The summed E-state index contributed by atoms with van der Waals surface area (Å²) in [6.45, 7) is 4.74. The summed E-state index contributed by atoms with van der Waals surface area (Å²) < 4.78 is 13.5. The number of likely N-dealkylation sites (tertiary alicyclic amines) is 1. The van der Waals surface area contributed by atoms with E-state index >= 15 is 0 Å². The number of ketones is 1. The van der Waals surface area contributed by atoms with Crippen LogP contribution in [0.2, 0.25) is 0 Å². The number of hydrogen-bond acceptors (Lipinski definition) is 5. The molecular weight excluding hydrogens is 422 g/mol. The molecule has 0 saturated carbocycles. The molecule has 2 aliphatic rings. The van der Waals surface area contributed by atoms with E-state index in [1.54, 1.807) is 37.3 Å². The van der Waals surface area contributed by atoms with Gasteiger partial charge in [0.1, 0.15) is 41.8 Å². The molecule has 0 spiro atoms. The van der Waals surface area contributed by atoms with Crippen molar-refractivity contribution in [1.29, 1.82) is 0 Å². The van der Waals surface area contributed by atoms with Gasteiger partial charge in [0.25, 0.3) is 5.91 Å². The van der Waals surface area contributed by atoms with Gasteiger partial charge in [0.2, 0.25) is 12.1 Å². The van der Waals surface area contributed by atoms with Crippen LogP contribution >= 0.6 is 0 Å². The lowest BCUT2D eigenvalue weighted by atomic mass is 9.97. The van der Waals surface area contributed by atoms with Crippen LogP contribution in [-0.2, 0) is 22.6 Å². The highest BCUT2D eigenvalue weighted by atomic mass is 16.5. The van der Waals surface area contributed by atoms with E-state index in [1.165, 1.54) is 4.90 Å². The number of nitrogens with zero attached hydrogens (tertiary/aromatic N) is 2. The summed E-state index contributed by atoms with van der Waals surface area (Å²) in [4.78, 5) is 30.5. The summed E-state index contributed by atoms with van der Waals surface area (Å²) in [5.74, 6) is -0.0668. The molecular formula is C25H25N3O5. The van der Waals surface area contributed by atoms with E-state index in [4.69, 9.17) is 9.15 Å². The highest BCUT2D eigenvalue weighted by Gasteiger charge is 2.45. The van der Waals surface area contributed by atoms with E-state index in [2.05, 4.69) is 4.98 Å². The number of carbonyl (C=O) groups is 2. The van der Waals surface area contributed by atoms with Crippen LogP contribution in [0.1, 0.15) is 42.0 Å². The SMILES string of the molecule is Cc1ccc(C2C(=C([O-])c3ccc4c(c3)CC(C)O4)C(=O)C(=O)N2CCC[n+]2cc[nH]c2)o1. The van der Waals surface area contributed by atoms with Crippen molar-refractivity contribution in [3.05, 3.63) is 77.3 Å². The fourth-order valence-electron chi connectivity index (χ4n) is 4.60. The number of aryl methyl sites for hydroxylation is 2. The van der Waals surface area contributed by atoms with Crippen LogP contribution in [0.15, 0.2) is 59.0 Å². The number of carbonyl (C=O) groups excluding carboxylic acids is 2. The number of ether oxygens (including phenoxy) is 1. The summed E-state index contributed by atoms with van der Waals surface area (Å²) >= 11 is 0. The number of nitrogens with one attached hydrogen (secondary N) is 1. The van der Waals surface area contributed by atoms with Crippen LogP contribution < -0.4 is 14.4 Å². The van der Waals surface area contributed by atoms with E-state index < -0.39 is 23.5 Å². The maximum Gasteiger partial charge on any atom is 0.295 e. The third-order valence-electron chi connectivity index (χ3n) is 6.14. The zero-order valence-corrected chi connectivity index (χ0v) is 18.5. The molecule has 33 heavy (non-hydrogen) atoms. The molecule has 8 nitrogen and oxygen atoms in total. The van der Waals surface area contributed by atoms with Gasteiger partial charge in [0.05, 0.1) is 6.54 Å². The van der Waals surface area contributed by atoms with Crippen LogP contribution in [0.3, 0.4) is 0 Å². The predicted octanol–water partition coefficient (Wildman–Crippen LogP) is 1.84. The van der Waals surface area contributed by atoms with E-state index in [0.29, 0.717) is 43.0 Å². The fourth-order valence-corrected chi connectivity index (χ4v) is 4.60. The van der Waals surface area contributed by atoms with Gasteiger partial charge in [0.15, 0.2) is 0 Å². The molecule has 1 amide bonds. The molecule has 2 unspecified atom stereocenters. The minimum atomic E-state index is -0.842. The average Bonchev–Trinajstić information content (AvgIpc) is 3.57. The molecule has 1 fully saturated rings. The maximum absolute atomic E-state index is 13.6. The van der Waals surface area contributed by atoms with Crippen molar-refractivity contribution >= 4 is 17.4 Å². The molecule has 4 heterocycles. The standard InChI is InChI=1S/C25H25N3O5/c1-15-4-6-20(32-15)22-21(23(29)17-5-7-19-18(13-17)12-16(2)33-19)24(30)25(31)28(22)10-3-9-27-11-8-26-14-27/h4-8,11,13-14,16,22H,3,9-10,12H2,1-2H3,(H,29,30). The van der Waals surface area contributed by atoms with E-state index in [1.807, 2.05) is 30.2 Å². The number of H-pyrrole nitrogens is 1. The molecule has 1 N–H and O–H groups in total. The highest BCUT2D eigenvalue weighted by molar-refractivity contribution is 6.46. The highest BCUT2D eigenvalue weighted by Crippen LogP contribution is 2.40. The third-order valence-corrected chi connectivity index (χ3v) is 6.14. The monoisotopic (exact) mass is 447 g/mol. The first-order valence-corrected chi connectivity index (χ1v) is 11.1. The average molecular weight is 447 g/mol. The summed E-state index contributed by atoms with van der Waals surface area (Å²) in [6.07, 6.45) is 6.88. The summed E-state index contributed by atoms with van der Waals surface area (Å²) in [5.41, 5.74) is 1.24. The molecule has 2 aliphatic heterocycles. The number of aromatic nitrogens is 2. The number of imidazole rings is 1. The Morgan fingerprint density at radius 2 is 2.12 bits per heavy atom. The Hall–Kier alpha value is -3.81. The summed E-state index contributed by atoms with van der Waals surface area (Å²) in [5, 5.41) is 13.6. The number of benzene rings is 1. The predicted molar refractivity (Wildman–Crippen MR) is 116 cm³/mol. The lowest BCUT2D eigenvalue weighted by molar-refractivity contribution is -0.695. The van der Waals surface area contributed by atoms with Gasteiger partial charge in [-0.05, 0) is 49.2 Å². The smallest absolute Gasteiger partial charge is 0.295 e. The van der Waals surface area contributed by atoms with Crippen molar-refractivity contribution in [2.45, 2.75) is 45.4 Å². The van der Waals surface area contributed by atoms with Crippen LogP contribution in [0.25, 0.3) is 5.76 Å². The summed E-state index contributed by atoms with van der Waals surface area (Å²) in [7, 11) is 0. The molecule has 3 aromatic rings. The largest absolute Gasteiger partial charge is 0.872 e. The van der Waals surface area contributed by atoms with Crippen molar-refractivity contribution in [2.24, 2.45) is 0 Å². The van der Waals surface area contributed by atoms with Crippen LogP contribution in [0, 0.1) is 6.92 Å². The second-order valence-electron chi connectivity index (χ2n) is 8.58. The number of fused-ring (bicyclic) bond motifs is 1. The van der Waals surface area contributed by atoms with Crippen molar-refractivity contribution in [3.8, 4) is 5.75 Å². The number of rotatable bonds is 6. The van der Waals surface area contributed by atoms with Crippen molar-refractivity contribution < 1.29 is 28.4 Å². The van der Waals surface area contributed by atoms with Gasteiger partial charge in [-0.2, -0.15) is 0 Å². The molecule has 5 rings (SSSR count). The van der Waals surface area contributed by atoms with Gasteiger partial charge < -0.3 is 19.2 Å². The normalized spacial score (nSPS) is 21.5. The molecule has 0 radical (unpaired) electrons. The Morgan fingerprint density at radius 3 is 2.85 bits per heavy atom. The van der Waals surface area contributed by atoms with Crippen molar-refractivity contribution in [2.75, 3.05) is 6.54 Å². The van der Waals surface area contributed by atoms with Gasteiger partial charge in [-0.3, -0.25) is 14.6 Å². The van der Waals surface area contributed by atoms with E-state index in [9.17, 15) is 14.7 Å². The Bertz CT molecular complexity index is 1240.